The van der Waals surface area contributed by atoms with Crippen LogP contribution in [0.5, 0.6) is 0 Å². The van der Waals surface area contributed by atoms with Crippen LogP contribution in [0.2, 0.25) is 0 Å². The standard InChI is InChI=1S/C17H21N3O3S/c1-3-9-19(10-4-2)17(21)15-14(11-24-16(15)18)12-5-7-13(8-6-12)20(22)23/h5-8,11H,3-4,9-10,18H2,1-2H3. The molecule has 0 bridgehead atoms. The molecule has 0 aliphatic heterocycles. The number of nitrogens with zero attached hydrogens (tertiary/aromatic N) is 2. The van der Waals surface area contributed by atoms with Crippen LogP contribution >= 0.6 is 11.3 Å². The summed E-state index contributed by atoms with van der Waals surface area (Å²) >= 11 is 1.31. The van der Waals surface area contributed by atoms with Crippen LogP contribution in [0.15, 0.2) is 29.6 Å². The second kappa shape index (κ2) is 7.92. The molecular weight excluding hydrogens is 326 g/mol. The zero-order valence-electron chi connectivity index (χ0n) is 13.8. The Kier molecular flexibility index (Phi) is 5.92. The lowest BCUT2D eigenvalue weighted by Gasteiger charge is -2.22. The molecule has 0 aliphatic rings. The van der Waals surface area contributed by atoms with Gasteiger partial charge in [0.1, 0.15) is 0 Å². The summed E-state index contributed by atoms with van der Waals surface area (Å²) in [4.78, 5) is 25.1. The number of hydrogen-bond acceptors (Lipinski definition) is 5. The fraction of sp³-hybridized carbons (Fsp3) is 0.353. The number of nitrogen functional groups attached to an aromatic ring is 1. The summed E-state index contributed by atoms with van der Waals surface area (Å²) in [6.45, 7) is 5.43. The number of amides is 1. The molecule has 0 fully saturated rings. The van der Waals surface area contributed by atoms with Gasteiger partial charge >= 0.3 is 0 Å². The van der Waals surface area contributed by atoms with Crippen LogP contribution in [0, 0.1) is 10.1 Å². The Morgan fingerprint density at radius 3 is 2.29 bits per heavy atom. The second-order valence-electron chi connectivity index (χ2n) is 5.48. The molecule has 7 heteroatoms. The molecule has 6 nitrogen and oxygen atoms in total. The number of benzene rings is 1. The van der Waals surface area contributed by atoms with Crippen LogP contribution in [-0.2, 0) is 0 Å². The SMILES string of the molecule is CCCN(CCC)C(=O)c1c(-c2ccc([N+](=O)[O-])cc2)csc1N. The van der Waals surface area contributed by atoms with Gasteiger partial charge in [-0.2, -0.15) is 0 Å². The zero-order valence-corrected chi connectivity index (χ0v) is 14.6. The van der Waals surface area contributed by atoms with Gasteiger partial charge < -0.3 is 10.6 Å². The maximum Gasteiger partial charge on any atom is 0.269 e. The summed E-state index contributed by atoms with van der Waals surface area (Å²) in [5, 5.41) is 13.1. The van der Waals surface area contributed by atoms with Gasteiger partial charge in [-0.1, -0.05) is 13.8 Å². The first kappa shape index (κ1) is 17.9. The molecule has 1 heterocycles. The van der Waals surface area contributed by atoms with E-state index in [-0.39, 0.29) is 11.6 Å². The van der Waals surface area contributed by atoms with E-state index in [1.54, 1.807) is 12.1 Å². The Bertz CT molecular complexity index is 719. The summed E-state index contributed by atoms with van der Waals surface area (Å²) in [5.74, 6) is -0.0780. The van der Waals surface area contributed by atoms with Gasteiger partial charge in [0.25, 0.3) is 11.6 Å². The number of carbonyl (C=O) groups is 1. The van der Waals surface area contributed by atoms with Crippen molar-refractivity contribution < 1.29 is 9.72 Å². The molecule has 2 N–H and O–H groups in total. The van der Waals surface area contributed by atoms with E-state index in [9.17, 15) is 14.9 Å². The molecule has 0 spiro atoms. The first-order valence-corrected chi connectivity index (χ1v) is 8.78. The van der Waals surface area contributed by atoms with Gasteiger partial charge in [0.2, 0.25) is 0 Å². The molecule has 2 rings (SSSR count). The average molecular weight is 347 g/mol. The number of carbonyl (C=O) groups excluding carboxylic acids is 1. The van der Waals surface area contributed by atoms with Gasteiger partial charge in [0.15, 0.2) is 0 Å². The lowest BCUT2D eigenvalue weighted by atomic mass is 10.0. The van der Waals surface area contributed by atoms with Crippen LogP contribution < -0.4 is 5.73 Å². The van der Waals surface area contributed by atoms with Crippen LogP contribution in [0.25, 0.3) is 11.1 Å². The topological polar surface area (TPSA) is 89.5 Å². The summed E-state index contributed by atoms with van der Waals surface area (Å²) in [5.41, 5.74) is 8.05. The summed E-state index contributed by atoms with van der Waals surface area (Å²) in [7, 11) is 0. The van der Waals surface area contributed by atoms with Crippen molar-refractivity contribution in [1.29, 1.82) is 0 Å². The number of nitrogens with two attached hydrogens (primary N) is 1. The highest BCUT2D eigenvalue weighted by molar-refractivity contribution is 7.15. The maximum atomic E-state index is 12.9. The molecular formula is C17H21N3O3S. The lowest BCUT2D eigenvalue weighted by Crippen LogP contribution is -2.33. The third kappa shape index (κ3) is 3.73. The molecule has 2 aromatic rings. The molecule has 0 radical (unpaired) electrons. The molecule has 1 amide bonds. The minimum absolute atomic E-state index is 0.0217. The highest BCUT2D eigenvalue weighted by Crippen LogP contribution is 2.35. The molecule has 24 heavy (non-hydrogen) atoms. The predicted molar refractivity (Wildman–Crippen MR) is 97.3 cm³/mol. The summed E-state index contributed by atoms with van der Waals surface area (Å²) in [6, 6.07) is 6.18. The van der Waals surface area contributed by atoms with Crippen LogP contribution in [0.4, 0.5) is 10.7 Å². The molecule has 1 aromatic carbocycles. The highest BCUT2D eigenvalue weighted by Gasteiger charge is 2.23. The maximum absolute atomic E-state index is 12.9. The fourth-order valence-electron chi connectivity index (χ4n) is 2.58. The largest absolute Gasteiger partial charge is 0.390 e. The first-order chi connectivity index (χ1) is 11.5. The van der Waals surface area contributed by atoms with Crippen molar-refractivity contribution in [2.45, 2.75) is 26.7 Å². The summed E-state index contributed by atoms with van der Waals surface area (Å²) in [6.07, 6.45) is 1.76. The predicted octanol–water partition coefficient (Wildman–Crippen LogP) is 4.17. The van der Waals surface area contributed by atoms with Crippen LogP contribution in [0.1, 0.15) is 37.0 Å². The average Bonchev–Trinajstić information content (AvgIpc) is 2.95. The highest BCUT2D eigenvalue weighted by atomic mass is 32.1. The van der Waals surface area contributed by atoms with E-state index < -0.39 is 4.92 Å². The van der Waals surface area contributed by atoms with E-state index >= 15 is 0 Å². The van der Waals surface area contributed by atoms with Gasteiger partial charge in [-0.15, -0.1) is 11.3 Å². The monoisotopic (exact) mass is 347 g/mol. The first-order valence-electron chi connectivity index (χ1n) is 7.90. The quantitative estimate of drug-likeness (QED) is 0.601. The van der Waals surface area contributed by atoms with Crippen molar-refractivity contribution in [3.05, 3.63) is 45.3 Å². The number of nitro groups is 1. The second-order valence-corrected chi connectivity index (χ2v) is 6.40. The van der Waals surface area contributed by atoms with Crippen LogP contribution in [0.3, 0.4) is 0 Å². The molecule has 0 aliphatic carbocycles. The summed E-state index contributed by atoms with van der Waals surface area (Å²) < 4.78 is 0. The van der Waals surface area contributed by atoms with E-state index in [1.165, 1.54) is 23.5 Å². The van der Waals surface area contributed by atoms with E-state index in [0.29, 0.717) is 23.7 Å². The number of non-ortho nitro benzene ring substituents is 1. The number of nitro benzene ring substituents is 1. The van der Waals surface area contributed by atoms with Gasteiger partial charge in [0, 0.05) is 36.2 Å². The van der Waals surface area contributed by atoms with Crippen molar-refractivity contribution in [2.75, 3.05) is 18.8 Å². The van der Waals surface area contributed by atoms with Crippen molar-refractivity contribution in [1.82, 2.24) is 4.90 Å². The minimum Gasteiger partial charge on any atom is -0.390 e. The van der Waals surface area contributed by atoms with Gasteiger partial charge in [-0.3, -0.25) is 14.9 Å². The van der Waals surface area contributed by atoms with Gasteiger partial charge in [-0.25, -0.2) is 0 Å². The molecule has 0 saturated heterocycles. The molecule has 1 aromatic heterocycles. The van der Waals surface area contributed by atoms with Crippen molar-refractivity contribution in [2.24, 2.45) is 0 Å². The number of anilines is 1. The number of thiophene rings is 1. The molecule has 0 saturated carbocycles. The normalized spacial score (nSPS) is 10.6. The van der Waals surface area contributed by atoms with E-state index in [1.807, 2.05) is 24.1 Å². The Morgan fingerprint density at radius 2 is 1.79 bits per heavy atom. The van der Waals surface area contributed by atoms with Gasteiger partial charge in [-0.05, 0) is 30.5 Å². The van der Waals surface area contributed by atoms with Crippen molar-refractivity contribution in [3.8, 4) is 11.1 Å². The smallest absolute Gasteiger partial charge is 0.269 e. The van der Waals surface area contributed by atoms with E-state index in [0.717, 1.165) is 24.0 Å². The molecule has 0 atom stereocenters. The van der Waals surface area contributed by atoms with E-state index in [4.69, 9.17) is 5.73 Å². The Labute approximate surface area is 145 Å². The lowest BCUT2D eigenvalue weighted by molar-refractivity contribution is -0.384. The Morgan fingerprint density at radius 1 is 1.21 bits per heavy atom. The zero-order chi connectivity index (χ0) is 17.7. The van der Waals surface area contributed by atoms with Crippen molar-refractivity contribution >= 4 is 27.9 Å². The molecule has 128 valence electrons. The third-order valence-electron chi connectivity index (χ3n) is 3.70. The van der Waals surface area contributed by atoms with Gasteiger partial charge in [0.05, 0.1) is 15.5 Å². The number of hydrogen-bond donors (Lipinski definition) is 1. The number of rotatable bonds is 7. The Balaban J connectivity index is 2.40. The van der Waals surface area contributed by atoms with Crippen molar-refractivity contribution in [3.63, 3.8) is 0 Å². The molecule has 0 unspecified atom stereocenters. The van der Waals surface area contributed by atoms with Crippen LogP contribution in [-0.4, -0.2) is 28.8 Å². The Hall–Kier alpha value is -2.41. The third-order valence-corrected chi connectivity index (χ3v) is 4.51. The minimum atomic E-state index is -0.442. The van der Waals surface area contributed by atoms with E-state index in [2.05, 4.69) is 0 Å². The fourth-order valence-corrected chi connectivity index (χ4v) is 3.40.